The van der Waals surface area contributed by atoms with Crippen LogP contribution in [0.25, 0.3) is 0 Å². The highest BCUT2D eigenvalue weighted by Crippen LogP contribution is 2.54. The smallest absolute Gasteiger partial charge is 0.223 e. The summed E-state index contributed by atoms with van der Waals surface area (Å²) >= 11 is 1.81. The molecule has 0 aromatic heterocycles. The Morgan fingerprint density at radius 3 is 2.80 bits per heavy atom. The highest BCUT2D eigenvalue weighted by atomic mass is 32.2. The van der Waals surface area contributed by atoms with Crippen molar-refractivity contribution in [2.24, 2.45) is 17.8 Å². The normalized spacial score (nSPS) is 32.1. The van der Waals surface area contributed by atoms with Gasteiger partial charge in [-0.2, -0.15) is 11.8 Å². The fourth-order valence-electron chi connectivity index (χ4n) is 2.49. The summed E-state index contributed by atoms with van der Waals surface area (Å²) in [4.78, 5) is 11.7. The fourth-order valence-corrected chi connectivity index (χ4v) is 3.07. The number of carbonyl (C=O) groups excluding carboxylic acids is 1. The molecule has 15 heavy (non-hydrogen) atoms. The Morgan fingerprint density at radius 1 is 1.40 bits per heavy atom. The number of thioether (sulfide) groups is 1. The van der Waals surface area contributed by atoms with Crippen molar-refractivity contribution in [3.63, 3.8) is 0 Å². The number of carbonyl (C=O) groups is 1. The first-order chi connectivity index (χ1) is 7.31. The Labute approximate surface area is 95.9 Å². The Morgan fingerprint density at radius 2 is 2.13 bits per heavy atom. The standard InChI is InChI=1S/C12H19NOS/c1-2-4-15-5-3-13-12(14)11-7-9-6-10(9)8-11/h2,9-11H,1,3-8H2,(H,13,14). The van der Waals surface area contributed by atoms with Crippen LogP contribution in [0.5, 0.6) is 0 Å². The van der Waals surface area contributed by atoms with Gasteiger partial charge in [0.1, 0.15) is 0 Å². The van der Waals surface area contributed by atoms with Gasteiger partial charge in [-0.1, -0.05) is 6.08 Å². The summed E-state index contributed by atoms with van der Waals surface area (Å²) in [6.45, 7) is 4.47. The SMILES string of the molecule is C=CCSCCNC(=O)C1CC2CC2C1. The number of amides is 1. The van der Waals surface area contributed by atoms with Gasteiger partial charge >= 0.3 is 0 Å². The molecule has 2 atom stereocenters. The van der Waals surface area contributed by atoms with Crippen molar-refractivity contribution < 1.29 is 4.79 Å². The zero-order valence-electron chi connectivity index (χ0n) is 9.08. The zero-order chi connectivity index (χ0) is 10.7. The Balaban J connectivity index is 1.54. The van der Waals surface area contributed by atoms with Gasteiger partial charge in [-0.25, -0.2) is 0 Å². The molecule has 2 saturated carbocycles. The molecule has 0 radical (unpaired) electrons. The van der Waals surface area contributed by atoms with Gasteiger partial charge in [0.25, 0.3) is 0 Å². The van der Waals surface area contributed by atoms with Crippen LogP contribution < -0.4 is 5.32 Å². The third kappa shape index (κ3) is 3.00. The summed E-state index contributed by atoms with van der Waals surface area (Å²) < 4.78 is 0. The van der Waals surface area contributed by atoms with E-state index in [1.165, 1.54) is 6.42 Å². The van der Waals surface area contributed by atoms with Crippen molar-refractivity contribution in [3.05, 3.63) is 12.7 Å². The van der Waals surface area contributed by atoms with Crippen LogP contribution in [0.3, 0.4) is 0 Å². The molecule has 0 aliphatic heterocycles. The van der Waals surface area contributed by atoms with Gasteiger partial charge in [0.15, 0.2) is 0 Å². The molecule has 84 valence electrons. The number of hydrogen-bond donors (Lipinski definition) is 1. The summed E-state index contributed by atoms with van der Waals surface area (Å²) in [7, 11) is 0. The monoisotopic (exact) mass is 225 g/mol. The third-order valence-electron chi connectivity index (χ3n) is 3.40. The van der Waals surface area contributed by atoms with E-state index in [0.717, 1.165) is 42.7 Å². The predicted molar refractivity (Wildman–Crippen MR) is 64.9 cm³/mol. The molecular weight excluding hydrogens is 206 g/mol. The summed E-state index contributed by atoms with van der Waals surface area (Å²) in [6, 6.07) is 0. The van der Waals surface area contributed by atoms with E-state index in [9.17, 15) is 4.79 Å². The second kappa shape index (κ2) is 5.06. The van der Waals surface area contributed by atoms with E-state index in [1.54, 1.807) is 0 Å². The largest absolute Gasteiger partial charge is 0.355 e. The molecule has 0 bridgehead atoms. The van der Waals surface area contributed by atoms with E-state index in [-0.39, 0.29) is 0 Å². The molecule has 1 N–H and O–H groups in total. The van der Waals surface area contributed by atoms with Crippen molar-refractivity contribution in [1.29, 1.82) is 0 Å². The van der Waals surface area contributed by atoms with Gasteiger partial charge in [-0.3, -0.25) is 4.79 Å². The fraction of sp³-hybridized carbons (Fsp3) is 0.750. The van der Waals surface area contributed by atoms with E-state index in [0.29, 0.717) is 11.8 Å². The molecule has 0 spiro atoms. The van der Waals surface area contributed by atoms with Crippen LogP contribution in [0.15, 0.2) is 12.7 Å². The maximum atomic E-state index is 11.7. The Hall–Kier alpha value is -0.440. The summed E-state index contributed by atoms with van der Waals surface area (Å²) in [5, 5.41) is 3.03. The molecule has 2 unspecified atom stereocenters. The van der Waals surface area contributed by atoms with E-state index in [1.807, 2.05) is 17.8 Å². The quantitative estimate of drug-likeness (QED) is 0.554. The number of fused-ring (bicyclic) bond motifs is 1. The molecule has 0 aromatic carbocycles. The average Bonchev–Trinajstić information content (AvgIpc) is 2.85. The Bertz CT molecular complexity index is 244. The van der Waals surface area contributed by atoms with Crippen molar-refractivity contribution in [2.75, 3.05) is 18.1 Å². The minimum Gasteiger partial charge on any atom is -0.355 e. The highest BCUT2D eigenvalue weighted by molar-refractivity contribution is 7.99. The molecule has 0 aromatic rings. The van der Waals surface area contributed by atoms with Gasteiger partial charge in [0.05, 0.1) is 0 Å². The van der Waals surface area contributed by atoms with Gasteiger partial charge < -0.3 is 5.32 Å². The molecule has 0 heterocycles. The van der Waals surface area contributed by atoms with Crippen LogP contribution in [0, 0.1) is 17.8 Å². The van der Waals surface area contributed by atoms with E-state index in [4.69, 9.17) is 0 Å². The van der Waals surface area contributed by atoms with E-state index < -0.39 is 0 Å². The highest BCUT2D eigenvalue weighted by Gasteiger charge is 2.47. The first kappa shape index (κ1) is 11.1. The summed E-state index contributed by atoms with van der Waals surface area (Å²) in [6.07, 6.45) is 5.59. The van der Waals surface area contributed by atoms with Crippen LogP contribution in [0.2, 0.25) is 0 Å². The number of nitrogens with one attached hydrogen (secondary N) is 1. The van der Waals surface area contributed by atoms with Crippen LogP contribution in [-0.4, -0.2) is 24.0 Å². The number of rotatable bonds is 6. The lowest BCUT2D eigenvalue weighted by atomic mass is 10.0. The average molecular weight is 225 g/mol. The summed E-state index contributed by atoms with van der Waals surface area (Å²) in [5.74, 6) is 4.40. The lowest BCUT2D eigenvalue weighted by Gasteiger charge is -2.11. The van der Waals surface area contributed by atoms with Crippen molar-refractivity contribution in [3.8, 4) is 0 Å². The van der Waals surface area contributed by atoms with Gasteiger partial charge in [-0.05, 0) is 31.1 Å². The maximum Gasteiger partial charge on any atom is 0.223 e. The van der Waals surface area contributed by atoms with Crippen molar-refractivity contribution in [2.45, 2.75) is 19.3 Å². The minimum absolute atomic E-state index is 0.293. The molecule has 2 fully saturated rings. The second-order valence-electron chi connectivity index (χ2n) is 4.58. The number of hydrogen-bond acceptors (Lipinski definition) is 2. The van der Waals surface area contributed by atoms with Crippen molar-refractivity contribution >= 4 is 17.7 Å². The molecule has 0 saturated heterocycles. The first-order valence-electron chi connectivity index (χ1n) is 5.77. The molecule has 2 aliphatic rings. The van der Waals surface area contributed by atoms with Gasteiger partial charge in [0.2, 0.25) is 5.91 Å². The third-order valence-corrected chi connectivity index (χ3v) is 4.36. The predicted octanol–water partition coefficient (Wildman–Crippen LogP) is 2.07. The molecule has 3 heteroatoms. The van der Waals surface area contributed by atoms with Gasteiger partial charge in [0, 0.05) is 24.0 Å². The van der Waals surface area contributed by atoms with Crippen LogP contribution in [0.1, 0.15) is 19.3 Å². The second-order valence-corrected chi connectivity index (χ2v) is 5.73. The molecular formula is C12H19NOS. The maximum absolute atomic E-state index is 11.7. The van der Waals surface area contributed by atoms with Crippen LogP contribution >= 0.6 is 11.8 Å². The van der Waals surface area contributed by atoms with Crippen molar-refractivity contribution in [1.82, 2.24) is 5.32 Å². The lowest BCUT2D eigenvalue weighted by molar-refractivity contribution is -0.124. The van der Waals surface area contributed by atoms with Crippen LogP contribution in [0.4, 0.5) is 0 Å². The molecule has 2 nitrogen and oxygen atoms in total. The molecule has 1 amide bonds. The van der Waals surface area contributed by atoms with Crippen LogP contribution in [-0.2, 0) is 4.79 Å². The zero-order valence-corrected chi connectivity index (χ0v) is 9.89. The topological polar surface area (TPSA) is 29.1 Å². The Kier molecular flexibility index (Phi) is 3.73. The van der Waals surface area contributed by atoms with Gasteiger partial charge in [-0.15, -0.1) is 6.58 Å². The van der Waals surface area contributed by atoms with E-state index in [2.05, 4.69) is 11.9 Å². The first-order valence-corrected chi connectivity index (χ1v) is 6.93. The molecule has 2 aliphatic carbocycles. The molecule has 2 rings (SSSR count). The van der Waals surface area contributed by atoms with E-state index >= 15 is 0 Å². The lowest BCUT2D eigenvalue weighted by Crippen LogP contribution is -2.31. The summed E-state index contributed by atoms with van der Waals surface area (Å²) in [5.41, 5.74) is 0. The minimum atomic E-state index is 0.293.